The maximum atomic E-state index is 11.9. The fraction of sp³-hybridized carbons (Fsp3) is 0.111. The number of nitrogens with one attached hydrogen (secondary N) is 2. The van der Waals surface area contributed by atoms with E-state index in [4.69, 9.17) is 0 Å². The first-order valence-electron chi connectivity index (χ1n) is 7.61. The first-order valence-corrected chi connectivity index (χ1v) is 9.50. The van der Waals surface area contributed by atoms with Crippen molar-refractivity contribution in [2.24, 2.45) is 0 Å². The molecule has 1 aromatic heterocycles. The monoisotopic (exact) mass is 355 g/mol. The number of hydrogen-bond acceptors (Lipinski definition) is 5. The lowest BCUT2D eigenvalue weighted by atomic mass is 10.2. The number of aromatic amines is 1. The van der Waals surface area contributed by atoms with Crippen LogP contribution in [0, 0.1) is 0 Å². The molecule has 128 valence electrons. The van der Waals surface area contributed by atoms with Crippen molar-refractivity contribution >= 4 is 15.7 Å². The number of anilines is 1. The summed E-state index contributed by atoms with van der Waals surface area (Å²) in [6.07, 6.45) is 1.15. The van der Waals surface area contributed by atoms with Gasteiger partial charge >= 0.3 is 0 Å². The third kappa shape index (κ3) is 4.33. The molecule has 0 spiro atoms. The Kier molecular flexibility index (Phi) is 4.67. The van der Waals surface area contributed by atoms with Crippen LogP contribution in [0.1, 0.15) is 5.56 Å². The number of hydrogen-bond donors (Lipinski definition) is 2. The van der Waals surface area contributed by atoms with E-state index in [0.29, 0.717) is 23.8 Å². The molecule has 0 unspecified atom stereocenters. The Bertz CT molecular complexity index is 1030. The summed E-state index contributed by atoms with van der Waals surface area (Å²) in [5.41, 5.74) is 1.42. The SMILES string of the molecule is CS(=O)(=O)c1ccc(-c2nc(NCc3ccccc3)cc(=O)[nH]2)cc1. The summed E-state index contributed by atoms with van der Waals surface area (Å²) in [4.78, 5) is 19.2. The normalized spacial score (nSPS) is 11.2. The van der Waals surface area contributed by atoms with Gasteiger partial charge in [-0.3, -0.25) is 4.79 Å². The Hall–Kier alpha value is -2.93. The van der Waals surface area contributed by atoms with E-state index in [1.165, 1.54) is 18.2 Å². The Labute approximate surface area is 145 Å². The highest BCUT2D eigenvalue weighted by Gasteiger charge is 2.09. The zero-order valence-corrected chi connectivity index (χ0v) is 14.4. The minimum Gasteiger partial charge on any atom is -0.366 e. The van der Waals surface area contributed by atoms with Crippen LogP contribution in [0.3, 0.4) is 0 Å². The van der Waals surface area contributed by atoms with Gasteiger partial charge in [0.2, 0.25) is 0 Å². The summed E-state index contributed by atoms with van der Waals surface area (Å²) in [5.74, 6) is 0.831. The number of benzene rings is 2. The summed E-state index contributed by atoms with van der Waals surface area (Å²) in [7, 11) is -3.26. The molecule has 0 saturated heterocycles. The van der Waals surface area contributed by atoms with E-state index in [2.05, 4.69) is 15.3 Å². The molecule has 1 heterocycles. The van der Waals surface area contributed by atoms with Gasteiger partial charge in [-0.2, -0.15) is 0 Å². The van der Waals surface area contributed by atoms with Crippen molar-refractivity contribution in [3.05, 3.63) is 76.6 Å². The lowest BCUT2D eigenvalue weighted by Gasteiger charge is -2.08. The third-order valence-corrected chi connectivity index (χ3v) is 4.74. The van der Waals surface area contributed by atoms with E-state index >= 15 is 0 Å². The molecule has 6 nitrogen and oxygen atoms in total. The number of nitrogens with zero attached hydrogens (tertiary/aromatic N) is 1. The van der Waals surface area contributed by atoms with Gasteiger partial charge in [0.15, 0.2) is 9.84 Å². The van der Waals surface area contributed by atoms with Crippen molar-refractivity contribution in [2.75, 3.05) is 11.6 Å². The van der Waals surface area contributed by atoms with Gasteiger partial charge in [-0.05, 0) is 29.8 Å². The summed E-state index contributed by atoms with van der Waals surface area (Å²) in [6.45, 7) is 0.545. The van der Waals surface area contributed by atoms with Gasteiger partial charge in [0.1, 0.15) is 11.6 Å². The second-order valence-electron chi connectivity index (χ2n) is 5.61. The summed E-state index contributed by atoms with van der Waals surface area (Å²) in [6, 6.07) is 17.4. The van der Waals surface area contributed by atoms with Crippen LogP contribution in [0.15, 0.2) is 70.4 Å². The van der Waals surface area contributed by atoms with Crippen molar-refractivity contribution in [3.63, 3.8) is 0 Å². The molecule has 0 aliphatic heterocycles. The molecule has 3 rings (SSSR count). The van der Waals surface area contributed by atoms with Crippen molar-refractivity contribution in [1.29, 1.82) is 0 Å². The fourth-order valence-corrected chi connectivity index (χ4v) is 2.96. The van der Waals surface area contributed by atoms with Crippen LogP contribution in [0.25, 0.3) is 11.4 Å². The minimum absolute atomic E-state index is 0.219. The summed E-state index contributed by atoms with van der Waals surface area (Å²) in [5, 5.41) is 3.12. The quantitative estimate of drug-likeness (QED) is 0.733. The van der Waals surface area contributed by atoms with E-state index in [-0.39, 0.29) is 10.5 Å². The predicted octanol–water partition coefficient (Wildman–Crippen LogP) is 2.45. The van der Waals surface area contributed by atoms with Gasteiger partial charge in [-0.1, -0.05) is 30.3 Å². The van der Waals surface area contributed by atoms with Crippen LogP contribution < -0.4 is 10.9 Å². The molecule has 0 radical (unpaired) electrons. The molecule has 0 fully saturated rings. The topological polar surface area (TPSA) is 91.9 Å². The van der Waals surface area contributed by atoms with E-state index in [1.807, 2.05) is 30.3 Å². The number of rotatable bonds is 5. The first-order chi connectivity index (χ1) is 11.9. The maximum absolute atomic E-state index is 11.9. The van der Waals surface area contributed by atoms with Crippen LogP contribution in [0.2, 0.25) is 0 Å². The molecule has 2 N–H and O–H groups in total. The van der Waals surface area contributed by atoms with Crippen LogP contribution in [-0.2, 0) is 16.4 Å². The van der Waals surface area contributed by atoms with Gasteiger partial charge in [-0.25, -0.2) is 13.4 Å². The average molecular weight is 355 g/mol. The largest absolute Gasteiger partial charge is 0.366 e. The minimum atomic E-state index is -3.26. The standard InChI is InChI=1S/C18H17N3O3S/c1-25(23,24)15-9-7-14(8-10-15)18-20-16(11-17(22)21-18)19-12-13-5-3-2-4-6-13/h2-11H,12H2,1H3,(H2,19,20,21,22). The second kappa shape index (κ2) is 6.90. The molecule has 0 aliphatic carbocycles. The van der Waals surface area contributed by atoms with E-state index in [9.17, 15) is 13.2 Å². The summed E-state index contributed by atoms with van der Waals surface area (Å²) < 4.78 is 23.1. The average Bonchev–Trinajstić information content (AvgIpc) is 2.60. The van der Waals surface area contributed by atoms with Crippen molar-refractivity contribution < 1.29 is 8.42 Å². The second-order valence-corrected chi connectivity index (χ2v) is 7.63. The van der Waals surface area contributed by atoms with E-state index in [0.717, 1.165) is 11.8 Å². The lowest BCUT2D eigenvalue weighted by molar-refractivity contribution is 0.602. The molecular weight excluding hydrogens is 338 g/mol. The molecule has 2 aromatic carbocycles. The van der Waals surface area contributed by atoms with Crippen molar-refractivity contribution in [2.45, 2.75) is 11.4 Å². The van der Waals surface area contributed by atoms with E-state index in [1.54, 1.807) is 12.1 Å². The van der Waals surface area contributed by atoms with Crippen LogP contribution >= 0.6 is 0 Å². The molecule has 0 saturated carbocycles. The molecule has 0 aliphatic rings. The van der Waals surface area contributed by atoms with Crippen molar-refractivity contribution in [1.82, 2.24) is 9.97 Å². The maximum Gasteiger partial charge on any atom is 0.253 e. The molecule has 0 atom stereocenters. The Morgan fingerprint density at radius 1 is 1.04 bits per heavy atom. The van der Waals surface area contributed by atoms with Gasteiger partial charge in [0.25, 0.3) is 5.56 Å². The fourth-order valence-electron chi connectivity index (χ4n) is 2.33. The molecule has 25 heavy (non-hydrogen) atoms. The van der Waals surface area contributed by atoms with Crippen LogP contribution in [-0.4, -0.2) is 24.6 Å². The van der Waals surface area contributed by atoms with Gasteiger partial charge in [0, 0.05) is 24.4 Å². The van der Waals surface area contributed by atoms with E-state index < -0.39 is 9.84 Å². The van der Waals surface area contributed by atoms with Crippen LogP contribution in [0.5, 0.6) is 0 Å². The first kappa shape index (κ1) is 16.9. The lowest BCUT2D eigenvalue weighted by Crippen LogP contribution is -2.11. The number of sulfone groups is 1. The molecule has 0 amide bonds. The summed E-state index contributed by atoms with van der Waals surface area (Å²) >= 11 is 0. The van der Waals surface area contributed by atoms with Gasteiger partial charge < -0.3 is 10.3 Å². The van der Waals surface area contributed by atoms with Gasteiger partial charge in [0.05, 0.1) is 4.90 Å². The zero-order chi connectivity index (χ0) is 17.9. The van der Waals surface area contributed by atoms with Crippen LogP contribution in [0.4, 0.5) is 5.82 Å². The highest BCUT2D eigenvalue weighted by Crippen LogP contribution is 2.18. The predicted molar refractivity (Wildman–Crippen MR) is 97.2 cm³/mol. The highest BCUT2D eigenvalue weighted by molar-refractivity contribution is 7.90. The van der Waals surface area contributed by atoms with Gasteiger partial charge in [-0.15, -0.1) is 0 Å². The number of H-pyrrole nitrogens is 1. The smallest absolute Gasteiger partial charge is 0.253 e. The third-order valence-electron chi connectivity index (χ3n) is 3.61. The Morgan fingerprint density at radius 3 is 2.36 bits per heavy atom. The Balaban J connectivity index is 1.85. The number of aromatic nitrogens is 2. The Morgan fingerprint density at radius 2 is 1.72 bits per heavy atom. The highest BCUT2D eigenvalue weighted by atomic mass is 32.2. The molecule has 7 heteroatoms. The molecule has 0 bridgehead atoms. The molecular formula is C18H17N3O3S. The van der Waals surface area contributed by atoms with Crippen molar-refractivity contribution in [3.8, 4) is 11.4 Å². The molecule has 3 aromatic rings. The zero-order valence-electron chi connectivity index (χ0n) is 13.6.